The zero-order valence-corrected chi connectivity index (χ0v) is 19.4. The zero-order chi connectivity index (χ0) is 22.5. The van der Waals surface area contributed by atoms with Gasteiger partial charge >= 0.3 is 0 Å². The van der Waals surface area contributed by atoms with Gasteiger partial charge in [0.25, 0.3) is 5.91 Å². The van der Waals surface area contributed by atoms with Crippen molar-refractivity contribution >= 4 is 16.9 Å². The van der Waals surface area contributed by atoms with E-state index in [0.717, 1.165) is 54.6 Å². The van der Waals surface area contributed by atoms with Crippen LogP contribution in [0.1, 0.15) is 37.6 Å². The molecule has 32 heavy (non-hydrogen) atoms. The zero-order valence-electron chi connectivity index (χ0n) is 19.4. The molecule has 2 aliphatic rings. The lowest BCUT2D eigenvalue weighted by Crippen LogP contribution is -2.54. The lowest BCUT2D eigenvalue weighted by atomic mass is 10.2. The van der Waals surface area contributed by atoms with Crippen LogP contribution >= 0.6 is 0 Å². The van der Waals surface area contributed by atoms with E-state index < -0.39 is 6.10 Å². The molecule has 2 atom stereocenters. The first-order valence-electron chi connectivity index (χ1n) is 11.6. The molecule has 1 N–H and O–H groups in total. The molecule has 0 unspecified atom stereocenters. The van der Waals surface area contributed by atoms with Crippen LogP contribution in [0.3, 0.4) is 0 Å². The number of morpholine rings is 1. The van der Waals surface area contributed by atoms with Crippen LogP contribution in [-0.4, -0.2) is 84.1 Å². The summed E-state index contributed by atoms with van der Waals surface area (Å²) in [4.78, 5) is 24.8. The topological polar surface area (TPSA) is 90.7 Å². The fourth-order valence-corrected chi connectivity index (χ4v) is 4.29. The third-order valence-corrected chi connectivity index (χ3v) is 6.15. The molecule has 9 heteroatoms. The maximum Gasteiger partial charge on any atom is 0.253 e. The number of imidazole rings is 1. The van der Waals surface area contributed by atoms with Crippen LogP contribution in [0.2, 0.25) is 0 Å². The van der Waals surface area contributed by atoms with Crippen LogP contribution in [-0.2, 0) is 38.5 Å². The number of aryl methyl sites for hydroxylation is 2. The minimum atomic E-state index is -0.461. The van der Waals surface area contributed by atoms with Gasteiger partial charge in [-0.25, -0.2) is 4.98 Å². The smallest absolute Gasteiger partial charge is 0.253 e. The summed E-state index contributed by atoms with van der Waals surface area (Å²) in [7, 11) is 3.39. The number of pyridine rings is 1. The summed E-state index contributed by atoms with van der Waals surface area (Å²) in [5, 5.41) is 3.36. The Morgan fingerprint density at radius 3 is 2.84 bits per heavy atom. The molecular weight excluding hydrogens is 410 g/mol. The normalized spacial score (nSPS) is 21.2. The van der Waals surface area contributed by atoms with Crippen molar-refractivity contribution in [2.75, 3.05) is 40.6 Å². The minimum Gasteiger partial charge on any atom is -0.385 e. The fourth-order valence-electron chi connectivity index (χ4n) is 4.29. The van der Waals surface area contributed by atoms with Crippen LogP contribution in [0, 0.1) is 0 Å². The quantitative estimate of drug-likeness (QED) is 0.525. The molecule has 4 rings (SSSR count). The Morgan fingerprint density at radius 1 is 1.34 bits per heavy atom. The number of hydrogen-bond acceptors (Lipinski definition) is 7. The van der Waals surface area contributed by atoms with Crippen LogP contribution in [0.25, 0.3) is 11.0 Å². The Hall–Kier alpha value is -2.07. The number of amides is 1. The number of fused-ring (bicyclic) bond motifs is 1. The highest BCUT2D eigenvalue weighted by Crippen LogP contribution is 2.30. The van der Waals surface area contributed by atoms with Gasteiger partial charge in [-0.2, -0.15) is 0 Å². The monoisotopic (exact) mass is 445 g/mol. The molecule has 0 bridgehead atoms. The van der Waals surface area contributed by atoms with Gasteiger partial charge in [-0.05, 0) is 31.7 Å². The van der Waals surface area contributed by atoms with Gasteiger partial charge < -0.3 is 29.0 Å². The Bertz CT molecular complexity index is 905. The third kappa shape index (κ3) is 5.28. The molecule has 1 aliphatic carbocycles. The number of nitrogens with one attached hydrogen (secondary N) is 1. The number of nitrogens with zero attached hydrogens (tertiary/aromatic N) is 4. The summed E-state index contributed by atoms with van der Waals surface area (Å²) in [6.45, 7) is 5.71. The van der Waals surface area contributed by atoms with E-state index in [1.807, 2.05) is 11.2 Å². The molecule has 2 aromatic rings. The summed E-state index contributed by atoms with van der Waals surface area (Å²) in [6.07, 6.45) is 5.22. The second-order valence-electron chi connectivity index (χ2n) is 8.65. The molecule has 1 amide bonds. The standard InChI is InChI=1S/C23H35N5O4/c1-4-19-22-20(27(15-25-22)8-5-9-30-2)10-16(26-19)12-28(18-6-7-18)23(29)21-11-24-17(13-31-3)14-32-21/h10,15,17-18,21,24H,4-9,11-14H2,1-3H3/t17-,21+/m0/s1. The predicted octanol–water partition coefficient (Wildman–Crippen LogP) is 1.52. The second kappa shape index (κ2) is 10.7. The Balaban J connectivity index is 1.51. The molecule has 0 aromatic carbocycles. The Labute approximate surface area is 189 Å². The first-order chi connectivity index (χ1) is 15.6. The molecule has 0 radical (unpaired) electrons. The van der Waals surface area contributed by atoms with Gasteiger partial charge in [-0.3, -0.25) is 9.78 Å². The fraction of sp³-hybridized carbons (Fsp3) is 0.696. The van der Waals surface area contributed by atoms with E-state index in [9.17, 15) is 4.79 Å². The van der Waals surface area contributed by atoms with Gasteiger partial charge in [0.2, 0.25) is 0 Å². The Morgan fingerprint density at radius 2 is 2.19 bits per heavy atom. The van der Waals surface area contributed by atoms with Crippen molar-refractivity contribution in [3.8, 4) is 0 Å². The van der Waals surface area contributed by atoms with Crippen molar-refractivity contribution in [1.29, 1.82) is 0 Å². The van der Waals surface area contributed by atoms with Crippen LogP contribution in [0.4, 0.5) is 0 Å². The number of methoxy groups -OCH3 is 2. The van der Waals surface area contributed by atoms with Crippen molar-refractivity contribution in [3.05, 3.63) is 23.8 Å². The summed E-state index contributed by atoms with van der Waals surface area (Å²) in [5.41, 5.74) is 3.90. The van der Waals surface area contributed by atoms with Gasteiger partial charge in [0.15, 0.2) is 0 Å². The minimum absolute atomic E-state index is 0.0458. The van der Waals surface area contributed by atoms with E-state index in [1.54, 1.807) is 14.2 Å². The number of rotatable bonds is 11. The Kier molecular flexibility index (Phi) is 7.72. The van der Waals surface area contributed by atoms with E-state index in [-0.39, 0.29) is 18.0 Å². The number of carbonyl (C=O) groups excluding carboxylic acids is 1. The van der Waals surface area contributed by atoms with Crippen LogP contribution in [0.5, 0.6) is 0 Å². The lowest BCUT2D eigenvalue weighted by molar-refractivity contribution is -0.148. The van der Waals surface area contributed by atoms with Gasteiger partial charge in [0.05, 0.1) is 49.0 Å². The molecule has 9 nitrogen and oxygen atoms in total. The summed E-state index contributed by atoms with van der Waals surface area (Å²) < 4.78 is 18.4. The lowest BCUT2D eigenvalue weighted by Gasteiger charge is -2.33. The number of aromatic nitrogens is 3. The number of ether oxygens (including phenoxy) is 3. The maximum absolute atomic E-state index is 13.3. The molecular formula is C23H35N5O4. The van der Waals surface area contributed by atoms with E-state index >= 15 is 0 Å². The summed E-state index contributed by atoms with van der Waals surface area (Å²) in [6, 6.07) is 2.50. The molecule has 2 fully saturated rings. The van der Waals surface area contributed by atoms with Crippen molar-refractivity contribution in [2.24, 2.45) is 0 Å². The maximum atomic E-state index is 13.3. The van der Waals surface area contributed by atoms with E-state index in [4.69, 9.17) is 19.2 Å². The summed E-state index contributed by atoms with van der Waals surface area (Å²) in [5.74, 6) is 0.0458. The molecule has 1 aliphatic heterocycles. The molecule has 1 saturated carbocycles. The highest BCUT2D eigenvalue weighted by molar-refractivity contribution is 5.82. The van der Waals surface area contributed by atoms with Crippen LogP contribution < -0.4 is 5.32 Å². The van der Waals surface area contributed by atoms with E-state index in [1.165, 1.54) is 0 Å². The van der Waals surface area contributed by atoms with Gasteiger partial charge in [0.1, 0.15) is 11.6 Å². The largest absolute Gasteiger partial charge is 0.385 e. The first-order valence-corrected chi connectivity index (χ1v) is 11.6. The first kappa shape index (κ1) is 23.1. The number of hydrogen-bond donors (Lipinski definition) is 1. The molecule has 0 spiro atoms. The average molecular weight is 446 g/mol. The third-order valence-electron chi connectivity index (χ3n) is 6.15. The highest BCUT2D eigenvalue weighted by Gasteiger charge is 2.38. The van der Waals surface area contributed by atoms with Gasteiger partial charge in [-0.1, -0.05) is 6.92 Å². The predicted molar refractivity (Wildman–Crippen MR) is 120 cm³/mol. The molecule has 1 saturated heterocycles. The summed E-state index contributed by atoms with van der Waals surface area (Å²) >= 11 is 0. The van der Waals surface area contributed by atoms with Gasteiger partial charge in [0, 0.05) is 40.0 Å². The van der Waals surface area contributed by atoms with Crippen molar-refractivity contribution in [2.45, 2.75) is 63.9 Å². The highest BCUT2D eigenvalue weighted by atomic mass is 16.5. The molecule has 176 valence electrons. The van der Waals surface area contributed by atoms with Crippen molar-refractivity contribution < 1.29 is 19.0 Å². The van der Waals surface area contributed by atoms with Gasteiger partial charge in [-0.15, -0.1) is 0 Å². The van der Waals surface area contributed by atoms with E-state index in [2.05, 4.69) is 27.9 Å². The van der Waals surface area contributed by atoms with Crippen molar-refractivity contribution in [1.82, 2.24) is 24.8 Å². The average Bonchev–Trinajstić information content (AvgIpc) is 3.58. The molecule has 2 aromatic heterocycles. The second-order valence-corrected chi connectivity index (χ2v) is 8.65. The molecule has 3 heterocycles. The SMILES string of the molecule is CCc1nc(CN(C(=O)[C@H]2CN[C@@H](COC)CO2)C2CC2)cc2c1ncn2CCCOC. The van der Waals surface area contributed by atoms with Crippen molar-refractivity contribution in [3.63, 3.8) is 0 Å². The van der Waals surface area contributed by atoms with Crippen LogP contribution in [0.15, 0.2) is 12.4 Å². The van der Waals surface area contributed by atoms with E-state index in [0.29, 0.717) is 32.9 Å². The number of carbonyl (C=O) groups is 1.